The van der Waals surface area contributed by atoms with Crippen LogP contribution in [0.2, 0.25) is 0 Å². The van der Waals surface area contributed by atoms with E-state index in [1.165, 1.54) is 0 Å². The van der Waals surface area contributed by atoms with E-state index in [0.29, 0.717) is 25.4 Å². The zero-order valence-electron chi connectivity index (χ0n) is 9.50. The molecule has 0 radical (unpaired) electrons. The maximum absolute atomic E-state index is 11.4. The number of fused-ring (bicyclic) bond motifs is 1. The molecule has 16 heavy (non-hydrogen) atoms. The van der Waals surface area contributed by atoms with Crippen LogP contribution in [0.15, 0.2) is 12.1 Å². The Bertz CT molecular complexity index is 378. The van der Waals surface area contributed by atoms with Crippen LogP contribution in [0.3, 0.4) is 0 Å². The van der Waals surface area contributed by atoms with Gasteiger partial charge in [0.25, 0.3) is 0 Å². The van der Waals surface area contributed by atoms with Crippen LogP contribution in [0.4, 0.5) is 5.69 Å². The van der Waals surface area contributed by atoms with Crippen LogP contribution in [-0.4, -0.2) is 19.1 Å². The SMILES string of the molecule is CCOc1ccc(OCC)c2c1CC(=O)N2. The molecule has 0 aromatic heterocycles. The maximum atomic E-state index is 11.4. The summed E-state index contributed by atoms with van der Waals surface area (Å²) in [4.78, 5) is 11.4. The van der Waals surface area contributed by atoms with Gasteiger partial charge in [-0.05, 0) is 26.0 Å². The maximum Gasteiger partial charge on any atom is 0.229 e. The second-order valence-electron chi connectivity index (χ2n) is 3.51. The molecule has 0 bridgehead atoms. The van der Waals surface area contributed by atoms with E-state index in [2.05, 4.69) is 5.32 Å². The van der Waals surface area contributed by atoms with Crippen molar-refractivity contribution in [3.8, 4) is 11.5 Å². The lowest BCUT2D eigenvalue weighted by molar-refractivity contribution is -0.115. The van der Waals surface area contributed by atoms with Gasteiger partial charge in [0.1, 0.15) is 11.5 Å². The molecule has 0 saturated carbocycles. The summed E-state index contributed by atoms with van der Waals surface area (Å²) < 4.78 is 10.9. The molecule has 86 valence electrons. The predicted octanol–water partition coefficient (Wildman–Crippen LogP) is 1.98. The summed E-state index contributed by atoms with van der Waals surface area (Å²) in [6.07, 6.45) is 0.367. The Hall–Kier alpha value is -1.71. The third-order valence-corrected chi connectivity index (χ3v) is 2.43. The highest BCUT2D eigenvalue weighted by molar-refractivity contribution is 6.02. The van der Waals surface area contributed by atoms with Crippen molar-refractivity contribution < 1.29 is 14.3 Å². The van der Waals surface area contributed by atoms with Crippen LogP contribution in [0, 0.1) is 0 Å². The monoisotopic (exact) mass is 221 g/mol. The van der Waals surface area contributed by atoms with Gasteiger partial charge in [0.15, 0.2) is 0 Å². The van der Waals surface area contributed by atoms with Gasteiger partial charge in [-0.25, -0.2) is 0 Å². The summed E-state index contributed by atoms with van der Waals surface area (Å²) in [6.45, 7) is 5.01. The Morgan fingerprint density at radius 3 is 2.50 bits per heavy atom. The summed E-state index contributed by atoms with van der Waals surface area (Å²) in [5.41, 5.74) is 1.66. The van der Waals surface area contributed by atoms with Crippen molar-refractivity contribution in [1.29, 1.82) is 0 Å². The highest BCUT2D eigenvalue weighted by atomic mass is 16.5. The van der Waals surface area contributed by atoms with Crippen molar-refractivity contribution in [2.24, 2.45) is 0 Å². The number of nitrogens with one attached hydrogen (secondary N) is 1. The molecule has 1 N–H and O–H groups in total. The molecule has 4 heteroatoms. The van der Waals surface area contributed by atoms with Crippen LogP contribution < -0.4 is 14.8 Å². The van der Waals surface area contributed by atoms with Crippen LogP contribution >= 0.6 is 0 Å². The molecule has 4 nitrogen and oxygen atoms in total. The number of ether oxygens (including phenoxy) is 2. The third-order valence-electron chi connectivity index (χ3n) is 2.43. The lowest BCUT2D eigenvalue weighted by Crippen LogP contribution is -2.04. The van der Waals surface area contributed by atoms with Gasteiger partial charge in [0, 0.05) is 5.56 Å². The first kappa shape index (κ1) is 10.8. The quantitative estimate of drug-likeness (QED) is 0.845. The van der Waals surface area contributed by atoms with E-state index < -0.39 is 0 Å². The standard InChI is InChI=1S/C12H15NO3/c1-3-15-9-5-6-10(16-4-2)12-8(9)7-11(14)13-12/h5-6H,3-4,7H2,1-2H3,(H,13,14). The van der Waals surface area contributed by atoms with Gasteiger partial charge in [0.05, 0.1) is 25.3 Å². The average Bonchev–Trinajstić information content (AvgIpc) is 2.64. The molecule has 1 aromatic rings. The fourth-order valence-corrected chi connectivity index (χ4v) is 1.83. The van der Waals surface area contributed by atoms with Crippen molar-refractivity contribution in [1.82, 2.24) is 0 Å². The van der Waals surface area contributed by atoms with Gasteiger partial charge in [-0.3, -0.25) is 4.79 Å². The van der Waals surface area contributed by atoms with Gasteiger partial charge in [0.2, 0.25) is 5.91 Å². The molecule has 0 fully saturated rings. The van der Waals surface area contributed by atoms with Crippen molar-refractivity contribution in [3.63, 3.8) is 0 Å². The van der Waals surface area contributed by atoms with Crippen LogP contribution in [0.5, 0.6) is 11.5 Å². The summed E-state index contributed by atoms with van der Waals surface area (Å²) in [6, 6.07) is 3.69. The molecule has 0 unspecified atom stereocenters. The van der Waals surface area contributed by atoms with Gasteiger partial charge in [-0.15, -0.1) is 0 Å². The Labute approximate surface area is 94.6 Å². The van der Waals surface area contributed by atoms with Crippen molar-refractivity contribution in [3.05, 3.63) is 17.7 Å². The van der Waals surface area contributed by atoms with Crippen LogP contribution in [0.1, 0.15) is 19.4 Å². The normalized spacial score (nSPS) is 13.2. The summed E-state index contributed by atoms with van der Waals surface area (Å²) >= 11 is 0. The minimum atomic E-state index is -0.0110. The number of benzene rings is 1. The highest BCUT2D eigenvalue weighted by Crippen LogP contribution is 2.39. The van der Waals surface area contributed by atoms with Gasteiger partial charge >= 0.3 is 0 Å². The Balaban J connectivity index is 2.41. The smallest absolute Gasteiger partial charge is 0.229 e. The first-order valence-corrected chi connectivity index (χ1v) is 5.47. The lowest BCUT2D eigenvalue weighted by Gasteiger charge is -2.12. The zero-order chi connectivity index (χ0) is 11.5. The largest absolute Gasteiger partial charge is 0.493 e. The van der Waals surface area contributed by atoms with Crippen molar-refractivity contribution in [2.45, 2.75) is 20.3 Å². The number of hydrogen-bond acceptors (Lipinski definition) is 3. The second-order valence-corrected chi connectivity index (χ2v) is 3.51. The van der Waals surface area contributed by atoms with Gasteiger partial charge < -0.3 is 14.8 Å². The van der Waals surface area contributed by atoms with Gasteiger partial charge in [-0.2, -0.15) is 0 Å². The number of anilines is 1. The van der Waals surface area contributed by atoms with E-state index in [1.54, 1.807) is 0 Å². The van der Waals surface area contributed by atoms with E-state index in [9.17, 15) is 4.79 Å². The second kappa shape index (κ2) is 4.43. The van der Waals surface area contributed by atoms with E-state index in [0.717, 1.165) is 17.0 Å². The number of hydrogen-bond donors (Lipinski definition) is 1. The van der Waals surface area contributed by atoms with Crippen molar-refractivity contribution >= 4 is 11.6 Å². The molecule has 1 amide bonds. The molecular formula is C12H15NO3. The fourth-order valence-electron chi connectivity index (χ4n) is 1.83. The Morgan fingerprint density at radius 1 is 1.19 bits per heavy atom. The zero-order valence-corrected chi connectivity index (χ0v) is 9.50. The molecule has 2 rings (SSSR count). The highest BCUT2D eigenvalue weighted by Gasteiger charge is 2.25. The average molecular weight is 221 g/mol. The first-order valence-electron chi connectivity index (χ1n) is 5.47. The number of carbonyl (C=O) groups excluding carboxylic acids is 1. The van der Waals surface area contributed by atoms with E-state index >= 15 is 0 Å². The van der Waals surface area contributed by atoms with Gasteiger partial charge in [-0.1, -0.05) is 0 Å². The lowest BCUT2D eigenvalue weighted by atomic mass is 10.1. The molecule has 1 aliphatic rings. The molecule has 0 atom stereocenters. The summed E-state index contributed by atoms with van der Waals surface area (Å²) in [7, 11) is 0. The molecule has 0 aliphatic carbocycles. The van der Waals surface area contributed by atoms with E-state index in [1.807, 2.05) is 26.0 Å². The molecule has 1 aliphatic heterocycles. The number of rotatable bonds is 4. The number of carbonyl (C=O) groups is 1. The minimum Gasteiger partial charge on any atom is -0.493 e. The van der Waals surface area contributed by atoms with Crippen LogP contribution in [-0.2, 0) is 11.2 Å². The van der Waals surface area contributed by atoms with E-state index in [4.69, 9.17) is 9.47 Å². The predicted molar refractivity (Wildman–Crippen MR) is 61.1 cm³/mol. The molecule has 1 heterocycles. The Morgan fingerprint density at radius 2 is 1.81 bits per heavy atom. The topological polar surface area (TPSA) is 47.6 Å². The minimum absolute atomic E-state index is 0.0110. The fraction of sp³-hybridized carbons (Fsp3) is 0.417. The van der Waals surface area contributed by atoms with Crippen LogP contribution in [0.25, 0.3) is 0 Å². The Kier molecular flexibility index (Phi) is 2.99. The molecular weight excluding hydrogens is 206 g/mol. The summed E-state index contributed by atoms with van der Waals surface area (Å²) in [5.74, 6) is 1.47. The van der Waals surface area contributed by atoms with Crippen molar-refractivity contribution in [2.75, 3.05) is 18.5 Å². The molecule has 1 aromatic carbocycles. The number of amides is 1. The molecule has 0 spiro atoms. The summed E-state index contributed by atoms with van der Waals surface area (Å²) in [5, 5.41) is 2.81. The third kappa shape index (κ3) is 1.83. The van der Waals surface area contributed by atoms with E-state index in [-0.39, 0.29) is 5.91 Å². The molecule has 0 saturated heterocycles. The first-order chi connectivity index (χ1) is 7.76.